The molecular weight excluding hydrogens is 210 g/mol. The van der Waals surface area contributed by atoms with Crippen LogP contribution in [0.5, 0.6) is 0 Å². The summed E-state index contributed by atoms with van der Waals surface area (Å²) in [4.78, 5) is 21.2. The van der Waals surface area contributed by atoms with Gasteiger partial charge < -0.3 is 10.8 Å². The molecule has 82 valence electrons. The standard InChI is InChI=1S/C7H13NO5S/c1-3-5(7(10)11)14(12,13)4(2)6(8)9/h4-5H,3H2,1-2H3,(H2,8,9)(H,10,11). The van der Waals surface area contributed by atoms with Crippen molar-refractivity contribution in [2.75, 3.05) is 0 Å². The number of carboxylic acids is 1. The average molecular weight is 223 g/mol. The van der Waals surface area contributed by atoms with E-state index in [0.717, 1.165) is 6.92 Å². The molecule has 0 fully saturated rings. The predicted molar refractivity (Wildman–Crippen MR) is 49.3 cm³/mol. The van der Waals surface area contributed by atoms with Crippen LogP contribution in [0.4, 0.5) is 0 Å². The van der Waals surface area contributed by atoms with E-state index in [2.05, 4.69) is 0 Å². The molecule has 0 rings (SSSR count). The van der Waals surface area contributed by atoms with Gasteiger partial charge in [-0.25, -0.2) is 8.42 Å². The highest BCUT2D eigenvalue weighted by molar-refractivity contribution is 7.94. The molecular formula is C7H13NO5S. The van der Waals surface area contributed by atoms with Gasteiger partial charge in [-0.15, -0.1) is 0 Å². The SMILES string of the molecule is CCC(C(=O)O)S(=O)(=O)C(C)C(N)=O. The molecule has 0 bridgehead atoms. The zero-order chi connectivity index (χ0) is 11.5. The summed E-state index contributed by atoms with van der Waals surface area (Å²) in [6, 6.07) is 0. The van der Waals surface area contributed by atoms with Crippen LogP contribution in [0.15, 0.2) is 0 Å². The summed E-state index contributed by atoms with van der Waals surface area (Å²) in [5, 5.41) is 5.57. The molecule has 0 aliphatic carbocycles. The van der Waals surface area contributed by atoms with Crippen molar-refractivity contribution < 1.29 is 23.1 Å². The van der Waals surface area contributed by atoms with Crippen molar-refractivity contribution in [2.24, 2.45) is 5.73 Å². The third-order valence-electron chi connectivity index (χ3n) is 1.94. The normalized spacial score (nSPS) is 15.9. The molecule has 3 N–H and O–H groups in total. The van der Waals surface area contributed by atoms with Crippen LogP contribution in [-0.2, 0) is 19.4 Å². The predicted octanol–water partition coefficient (Wildman–Crippen LogP) is -0.862. The van der Waals surface area contributed by atoms with Gasteiger partial charge in [0.1, 0.15) is 5.25 Å². The second-order valence-electron chi connectivity index (χ2n) is 2.87. The number of sulfone groups is 1. The zero-order valence-electron chi connectivity index (χ0n) is 7.93. The van der Waals surface area contributed by atoms with E-state index in [1.165, 1.54) is 6.92 Å². The lowest BCUT2D eigenvalue weighted by molar-refractivity contribution is -0.136. The van der Waals surface area contributed by atoms with Crippen LogP contribution in [0.2, 0.25) is 0 Å². The van der Waals surface area contributed by atoms with E-state index in [9.17, 15) is 18.0 Å². The Labute approximate surface area is 82.0 Å². The third-order valence-corrected chi connectivity index (χ3v) is 4.48. The van der Waals surface area contributed by atoms with Gasteiger partial charge in [-0.3, -0.25) is 9.59 Å². The Bertz CT molecular complexity index is 334. The summed E-state index contributed by atoms with van der Waals surface area (Å²) in [5.74, 6) is -2.50. The molecule has 2 atom stereocenters. The van der Waals surface area contributed by atoms with Crippen molar-refractivity contribution in [3.05, 3.63) is 0 Å². The largest absolute Gasteiger partial charge is 0.480 e. The quantitative estimate of drug-likeness (QED) is 0.629. The van der Waals surface area contributed by atoms with Gasteiger partial charge >= 0.3 is 5.97 Å². The first kappa shape index (κ1) is 12.9. The summed E-state index contributed by atoms with van der Waals surface area (Å²) in [7, 11) is -4.02. The average Bonchev–Trinajstić information content (AvgIpc) is 2.02. The van der Waals surface area contributed by atoms with Crippen LogP contribution < -0.4 is 5.73 Å². The van der Waals surface area contributed by atoms with Crippen molar-refractivity contribution >= 4 is 21.7 Å². The smallest absolute Gasteiger partial charge is 0.321 e. The maximum Gasteiger partial charge on any atom is 0.321 e. The van der Waals surface area contributed by atoms with Crippen LogP contribution in [0.1, 0.15) is 20.3 Å². The molecule has 0 aromatic carbocycles. The van der Waals surface area contributed by atoms with E-state index in [1.807, 2.05) is 0 Å². The number of hydrogen-bond acceptors (Lipinski definition) is 4. The van der Waals surface area contributed by atoms with E-state index in [4.69, 9.17) is 10.8 Å². The van der Waals surface area contributed by atoms with Crippen LogP contribution in [0.3, 0.4) is 0 Å². The first-order valence-corrected chi connectivity index (χ1v) is 5.60. The molecule has 7 heteroatoms. The first-order valence-electron chi connectivity index (χ1n) is 4.00. The van der Waals surface area contributed by atoms with Crippen molar-refractivity contribution in [1.82, 2.24) is 0 Å². The Hall–Kier alpha value is -1.11. The molecule has 14 heavy (non-hydrogen) atoms. The number of rotatable bonds is 5. The monoisotopic (exact) mass is 223 g/mol. The Morgan fingerprint density at radius 1 is 1.43 bits per heavy atom. The second kappa shape index (κ2) is 4.41. The molecule has 0 saturated heterocycles. The number of aliphatic carboxylic acids is 1. The maximum atomic E-state index is 11.5. The number of nitrogens with two attached hydrogens (primary N) is 1. The number of hydrogen-bond donors (Lipinski definition) is 2. The van der Waals surface area contributed by atoms with Gasteiger partial charge in [0.25, 0.3) is 0 Å². The molecule has 0 aliphatic rings. The third kappa shape index (κ3) is 2.44. The van der Waals surface area contributed by atoms with Gasteiger partial charge in [-0.05, 0) is 13.3 Å². The van der Waals surface area contributed by atoms with E-state index in [-0.39, 0.29) is 6.42 Å². The summed E-state index contributed by atoms with van der Waals surface area (Å²) in [6.07, 6.45) is -0.0880. The van der Waals surface area contributed by atoms with Gasteiger partial charge in [0.05, 0.1) is 0 Å². The second-order valence-corrected chi connectivity index (χ2v) is 5.32. The summed E-state index contributed by atoms with van der Waals surface area (Å²) < 4.78 is 22.9. The van der Waals surface area contributed by atoms with Crippen molar-refractivity contribution in [1.29, 1.82) is 0 Å². The molecule has 0 spiro atoms. The van der Waals surface area contributed by atoms with Crippen LogP contribution in [-0.4, -0.2) is 35.9 Å². The van der Waals surface area contributed by atoms with Gasteiger partial charge in [-0.1, -0.05) is 6.92 Å². The van der Waals surface area contributed by atoms with E-state index in [1.54, 1.807) is 0 Å². The molecule has 0 radical (unpaired) electrons. The number of amides is 1. The summed E-state index contributed by atoms with van der Waals surface area (Å²) >= 11 is 0. The summed E-state index contributed by atoms with van der Waals surface area (Å²) in [5.41, 5.74) is 4.80. The number of carbonyl (C=O) groups is 2. The maximum absolute atomic E-state index is 11.5. The molecule has 0 saturated carbocycles. The van der Waals surface area contributed by atoms with E-state index >= 15 is 0 Å². The molecule has 0 aromatic heterocycles. The minimum atomic E-state index is -4.02. The minimum absolute atomic E-state index is 0.0880. The van der Waals surface area contributed by atoms with Gasteiger partial charge in [0, 0.05) is 0 Å². The van der Waals surface area contributed by atoms with Crippen molar-refractivity contribution in [2.45, 2.75) is 30.8 Å². The van der Waals surface area contributed by atoms with Crippen LogP contribution >= 0.6 is 0 Å². The van der Waals surface area contributed by atoms with Gasteiger partial charge in [0.15, 0.2) is 15.1 Å². The first-order chi connectivity index (χ1) is 6.25. The Morgan fingerprint density at radius 2 is 1.86 bits per heavy atom. The minimum Gasteiger partial charge on any atom is -0.480 e. The summed E-state index contributed by atoms with van der Waals surface area (Å²) in [6.45, 7) is 2.51. The van der Waals surface area contributed by atoms with Crippen LogP contribution in [0, 0.1) is 0 Å². The Balaban J connectivity index is 5.13. The fourth-order valence-electron chi connectivity index (χ4n) is 0.956. The van der Waals surface area contributed by atoms with Gasteiger partial charge in [0.2, 0.25) is 5.91 Å². The highest BCUT2D eigenvalue weighted by Crippen LogP contribution is 2.13. The number of carbonyl (C=O) groups excluding carboxylic acids is 1. The van der Waals surface area contributed by atoms with Crippen molar-refractivity contribution in [3.63, 3.8) is 0 Å². The van der Waals surface area contributed by atoms with Crippen LogP contribution in [0.25, 0.3) is 0 Å². The zero-order valence-corrected chi connectivity index (χ0v) is 8.74. The topological polar surface area (TPSA) is 115 Å². The molecule has 1 amide bonds. The lowest BCUT2D eigenvalue weighted by Gasteiger charge is -2.14. The van der Waals surface area contributed by atoms with Crippen molar-refractivity contribution in [3.8, 4) is 0 Å². The van der Waals surface area contributed by atoms with E-state index < -0.39 is 32.2 Å². The lowest BCUT2D eigenvalue weighted by atomic mass is 10.3. The fourth-order valence-corrected chi connectivity index (χ4v) is 2.52. The number of primary amides is 1. The van der Waals surface area contributed by atoms with Gasteiger partial charge in [-0.2, -0.15) is 0 Å². The Morgan fingerprint density at radius 3 is 2.07 bits per heavy atom. The highest BCUT2D eigenvalue weighted by atomic mass is 32.2. The molecule has 0 aromatic rings. The molecule has 0 aliphatic heterocycles. The Kier molecular flexibility index (Phi) is 4.06. The molecule has 2 unspecified atom stereocenters. The fraction of sp³-hybridized carbons (Fsp3) is 0.714. The lowest BCUT2D eigenvalue weighted by Crippen LogP contribution is -2.42. The van der Waals surface area contributed by atoms with E-state index in [0.29, 0.717) is 0 Å². The number of carboxylic acid groups (broad SMARTS) is 1. The molecule has 0 heterocycles. The highest BCUT2D eigenvalue weighted by Gasteiger charge is 2.37. The molecule has 6 nitrogen and oxygen atoms in total.